The van der Waals surface area contributed by atoms with Gasteiger partial charge in [0.25, 0.3) is 0 Å². The Morgan fingerprint density at radius 2 is 2.12 bits per heavy atom. The van der Waals surface area contributed by atoms with E-state index in [-0.39, 0.29) is 11.2 Å². The van der Waals surface area contributed by atoms with Gasteiger partial charge in [-0.15, -0.1) is 0 Å². The number of hydrogen-bond acceptors (Lipinski definition) is 2. The van der Waals surface area contributed by atoms with Gasteiger partial charge >= 0.3 is 0 Å². The van der Waals surface area contributed by atoms with Crippen molar-refractivity contribution in [2.45, 2.75) is 27.2 Å². The summed E-state index contributed by atoms with van der Waals surface area (Å²) in [5, 5.41) is 11.9. The molecule has 1 N–H and O–H groups in total. The summed E-state index contributed by atoms with van der Waals surface area (Å²) in [6.45, 7) is 6.19. The number of aryl methyl sites for hydroxylation is 1. The fourth-order valence-corrected chi connectivity index (χ4v) is 1.28. The zero-order valence-corrected chi connectivity index (χ0v) is 9.97. The van der Waals surface area contributed by atoms with Crippen LogP contribution in [-0.4, -0.2) is 6.54 Å². The van der Waals surface area contributed by atoms with Gasteiger partial charge in [0.1, 0.15) is 5.82 Å². The molecule has 1 aromatic rings. The van der Waals surface area contributed by atoms with Crippen LogP contribution >= 0.6 is 0 Å². The Kier molecular flexibility index (Phi) is 3.89. The van der Waals surface area contributed by atoms with E-state index in [4.69, 9.17) is 5.26 Å². The molecule has 0 atom stereocenters. The molecule has 1 rings (SSSR count). The van der Waals surface area contributed by atoms with Gasteiger partial charge in [-0.1, -0.05) is 6.07 Å². The van der Waals surface area contributed by atoms with Crippen molar-refractivity contribution in [3.63, 3.8) is 0 Å². The lowest BCUT2D eigenvalue weighted by atomic mass is 9.91. The minimum Gasteiger partial charge on any atom is -0.385 e. The molecular weight excluding hydrogens is 203 g/mol. The number of nitrogens with one attached hydrogen (secondary N) is 1. The van der Waals surface area contributed by atoms with Gasteiger partial charge in [0.15, 0.2) is 0 Å². The lowest BCUT2D eigenvalue weighted by Gasteiger charge is -2.15. The molecule has 0 aliphatic carbocycles. The smallest absolute Gasteiger partial charge is 0.128 e. The Hall–Kier alpha value is -1.56. The maximum atomic E-state index is 13.2. The third kappa shape index (κ3) is 3.54. The Balaban J connectivity index is 2.50. The number of anilines is 1. The minimum absolute atomic E-state index is 0.204. The summed E-state index contributed by atoms with van der Waals surface area (Å²) in [7, 11) is 0. The lowest BCUT2D eigenvalue weighted by molar-refractivity contribution is 0.466. The molecular formula is C13H17FN2. The van der Waals surface area contributed by atoms with Crippen LogP contribution in [0.25, 0.3) is 0 Å². The average molecular weight is 220 g/mol. The predicted octanol–water partition coefficient (Wildman–Crippen LogP) is 3.49. The van der Waals surface area contributed by atoms with Crippen LogP contribution in [0.3, 0.4) is 0 Å². The standard InChI is InChI=1S/C13H17FN2/c1-10-4-5-11(8-12(10)14)16-7-6-13(2,3)9-15/h4-5,8,16H,6-7H2,1-3H3. The van der Waals surface area contributed by atoms with Gasteiger partial charge in [-0.25, -0.2) is 4.39 Å². The van der Waals surface area contributed by atoms with E-state index in [1.54, 1.807) is 13.0 Å². The van der Waals surface area contributed by atoms with Crippen LogP contribution in [0, 0.1) is 29.5 Å². The average Bonchev–Trinajstić information content (AvgIpc) is 2.23. The first-order chi connectivity index (χ1) is 7.44. The number of benzene rings is 1. The molecule has 2 nitrogen and oxygen atoms in total. The molecule has 1 aromatic carbocycles. The molecule has 0 bridgehead atoms. The van der Waals surface area contributed by atoms with Crippen molar-refractivity contribution in [1.82, 2.24) is 0 Å². The molecule has 0 heterocycles. The van der Waals surface area contributed by atoms with E-state index in [2.05, 4.69) is 11.4 Å². The Bertz CT molecular complexity index is 405. The molecule has 0 unspecified atom stereocenters. The summed E-state index contributed by atoms with van der Waals surface area (Å²) in [6.07, 6.45) is 0.735. The molecule has 0 aromatic heterocycles. The fourth-order valence-electron chi connectivity index (χ4n) is 1.28. The molecule has 0 aliphatic heterocycles. The van der Waals surface area contributed by atoms with E-state index in [9.17, 15) is 4.39 Å². The second-order valence-electron chi connectivity index (χ2n) is 4.64. The van der Waals surface area contributed by atoms with Gasteiger partial charge < -0.3 is 5.32 Å². The first-order valence-electron chi connectivity index (χ1n) is 5.36. The highest BCUT2D eigenvalue weighted by Crippen LogP contribution is 2.19. The highest BCUT2D eigenvalue weighted by molar-refractivity contribution is 5.45. The molecule has 3 heteroatoms. The van der Waals surface area contributed by atoms with Crippen molar-refractivity contribution < 1.29 is 4.39 Å². The maximum absolute atomic E-state index is 13.2. The number of nitrogens with zero attached hydrogens (tertiary/aromatic N) is 1. The van der Waals surface area contributed by atoms with Crippen LogP contribution in [-0.2, 0) is 0 Å². The van der Waals surface area contributed by atoms with Crippen LogP contribution in [0.2, 0.25) is 0 Å². The van der Waals surface area contributed by atoms with Gasteiger partial charge in [0, 0.05) is 12.2 Å². The number of nitriles is 1. The number of rotatable bonds is 4. The zero-order chi connectivity index (χ0) is 12.2. The zero-order valence-electron chi connectivity index (χ0n) is 9.97. The highest BCUT2D eigenvalue weighted by atomic mass is 19.1. The molecule has 0 saturated heterocycles. The first kappa shape index (κ1) is 12.5. The largest absolute Gasteiger partial charge is 0.385 e. The van der Waals surface area contributed by atoms with Crippen LogP contribution in [0.4, 0.5) is 10.1 Å². The third-order valence-corrected chi connectivity index (χ3v) is 2.55. The van der Waals surface area contributed by atoms with E-state index in [1.165, 1.54) is 6.07 Å². The fraction of sp³-hybridized carbons (Fsp3) is 0.462. The summed E-state index contributed by atoms with van der Waals surface area (Å²) in [6, 6.07) is 7.30. The van der Waals surface area contributed by atoms with E-state index >= 15 is 0 Å². The summed E-state index contributed by atoms with van der Waals surface area (Å²) in [5.41, 5.74) is 1.07. The van der Waals surface area contributed by atoms with Crippen LogP contribution in [0.1, 0.15) is 25.8 Å². The minimum atomic E-state index is -0.337. The van der Waals surface area contributed by atoms with Crippen molar-refractivity contribution in [3.05, 3.63) is 29.6 Å². The maximum Gasteiger partial charge on any atom is 0.128 e. The second kappa shape index (κ2) is 4.98. The topological polar surface area (TPSA) is 35.8 Å². The van der Waals surface area contributed by atoms with E-state index in [0.29, 0.717) is 12.1 Å². The Morgan fingerprint density at radius 1 is 1.44 bits per heavy atom. The van der Waals surface area contributed by atoms with Gasteiger partial charge in [0.05, 0.1) is 11.5 Å². The van der Waals surface area contributed by atoms with Gasteiger partial charge in [-0.3, -0.25) is 0 Å². The Morgan fingerprint density at radius 3 is 2.69 bits per heavy atom. The monoisotopic (exact) mass is 220 g/mol. The number of halogens is 1. The lowest BCUT2D eigenvalue weighted by Crippen LogP contribution is -2.14. The molecule has 0 amide bonds. The van der Waals surface area contributed by atoms with Crippen molar-refractivity contribution in [2.24, 2.45) is 5.41 Å². The predicted molar refractivity (Wildman–Crippen MR) is 63.6 cm³/mol. The first-order valence-corrected chi connectivity index (χ1v) is 5.36. The van der Waals surface area contributed by atoms with Crippen LogP contribution in [0.5, 0.6) is 0 Å². The summed E-state index contributed by atoms with van der Waals surface area (Å²) in [5.74, 6) is -0.204. The molecule has 0 saturated carbocycles. The van der Waals surface area contributed by atoms with Crippen LogP contribution < -0.4 is 5.32 Å². The number of hydrogen-bond donors (Lipinski definition) is 1. The SMILES string of the molecule is Cc1ccc(NCCC(C)(C)C#N)cc1F. The van der Waals surface area contributed by atoms with Crippen molar-refractivity contribution in [3.8, 4) is 6.07 Å². The summed E-state index contributed by atoms with van der Waals surface area (Å²) >= 11 is 0. The third-order valence-electron chi connectivity index (χ3n) is 2.55. The summed E-state index contributed by atoms with van der Waals surface area (Å²) < 4.78 is 13.2. The molecule has 86 valence electrons. The second-order valence-corrected chi connectivity index (χ2v) is 4.64. The van der Waals surface area contributed by atoms with Gasteiger partial charge in [-0.2, -0.15) is 5.26 Å². The quantitative estimate of drug-likeness (QED) is 0.843. The molecule has 0 fully saturated rings. The van der Waals surface area contributed by atoms with E-state index in [1.807, 2.05) is 19.9 Å². The Labute approximate surface area is 96.1 Å². The van der Waals surface area contributed by atoms with Crippen molar-refractivity contribution in [1.29, 1.82) is 5.26 Å². The van der Waals surface area contributed by atoms with E-state index in [0.717, 1.165) is 12.1 Å². The normalized spacial score (nSPS) is 10.9. The molecule has 0 radical (unpaired) electrons. The van der Waals surface area contributed by atoms with Crippen molar-refractivity contribution in [2.75, 3.05) is 11.9 Å². The van der Waals surface area contributed by atoms with Gasteiger partial charge in [-0.05, 0) is 44.9 Å². The molecule has 0 aliphatic rings. The molecule has 16 heavy (non-hydrogen) atoms. The summed E-state index contributed by atoms with van der Waals surface area (Å²) in [4.78, 5) is 0. The van der Waals surface area contributed by atoms with Gasteiger partial charge in [0.2, 0.25) is 0 Å². The molecule has 0 spiro atoms. The van der Waals surface area contributed by atoms with Crippen LogP contribution in [0.15, 0.2) is 18.2 Å². The van der Waals surface area contributed by atoms with E-state index < -0.39 is 0 Å². The highest BCUT2D eigenvalue weighted by Gasteiger charge is 2.15. The van der Waals surface area contributed by atoms with Crippen molar-refractivity contribution >= 4 is 5.69 Å².